The smallest absolute Gasteiger partial charge is 0.349 e. The minimum absolute atomic E-state index is 0.0202. The van der Waals surface area contributed by atoms with Crippen molar-refractivity contribution in [1.82, 2.24) is 9.78 Å². The van der Waals surface area contributed by atoms with Crippen molar-refractivity contribution in [2.45, 2.75) is 51.3 Å². The molecule has 3 rings (SSSR count). The van der Waals surface area contributed by atoms with Crippen molar-refractivity contribution in [3.8, 4) is 0 Å². The van der Waals surface area contributed by atoms with Crippen molar-refractivity contribution in [2.24, 2.45) is 0 Å². The molecule has 1 fully saturated rings. The first kappa shape index (κ1) is 21.4. The molecule has 0 saturated carbocycles. The Bertz CT molecular complexity index is 885. The Labute approximate surface area is 169 Å². The second-order valence-corrected chi connectivity index (χ2v) is 14.1. The molecule has 1 aliphatic rings. The maximum Gasteiger partial charge on any atom is 0.349 e. The summed E-state index contributed by atoms with van der Waals surface area (Å²) in [7, 11) is -1.27. The zero-order valence-corrected chi connectivity index (χ0v) is 17.9. The first-order valence-corrected chi connectivity index (χ1v) is 13.4. The van der Waals surface area contributed by atoms with Gasteiger partial charge in [-0.15, -0.1) is 4.68 Å². The molecule has 1 aromatic heterocycles. The number of ether oxygens (including phenoxy) is 1. The SMILES string of the molecule is C[Si](C)(C)CCOCn1nc(N2CCC[C@@H]2c2cc(F)ccc2F)cc1[N+](=O)[O-]. The van der Waals surface area contributed by atoms with E-state index in [0.29, 0.717) is 25.4 Å². The normalized spacial score (nSPS) is 17.1. The van der Waals surface area contributed by atoms with Crippen LogP contribution in [0.25, 0.3) is 0 Å². The molecule has 158 valence electrons. The Morgan fingerprint density at radius 3 is 2.76 bits per heavy atom. The predicted molar refractivity (Wildman–Crippen MR) is 109 cm³/mol. The van der Waals surface area contributed by atoms with Gasteiger partial charge in [0.05, 0.1) is 12.1 Å². The molecule has 0 radical (unpaired) electrons. The molecule has 0 unspecified atom stereocenters. The highest BCUT2D eigenvalue weighted by molar-refractivity contribution is 6.76. The summed E-state index contributed by atoms with van der Waals surface area (Å²) >= 11 is 0. The Morgan fingerprint density at radius 2 is 2.07 bits per heavy atom. The van der Waals surface area contributed by atoms with Gasteiger partial charge in [-0.3, -0.25) is 0 Å². The standard InChI is InChI=1S/C19H26F2N4O3Si/c1-29(2,3)10-9-28-13-24-19(25(26)27)12-18(22-24)23-8-4-5-17(23)15-11-14(20)6-7-16(15)21/h6-7,11-12,17H,4-5,8-10,13H2,1-3H3/t17-/m1/s1. The fourth-order valence-electron chi connectivity index (χ4n) is 3.44. The van der Waals surface area contributed by atoms with E-state index in [2.05, 4.69) is 24.7 Å². The first-order chi connectivity index (χ1) is 13.7. The Kier molecular flexibility index (Phi) is 6.32. The van der Waals surface area contributed by atoms with Crippen LogP contribution in [0.4, 0.5) is 20.4 Å². The van der Waals surface area contributed by atoms with E-state index in [1.165, 1.54) is 16.8 Å². The summed E-state index contributed by atoms with van der Waals surface area (Å²) in [5.41, 5.74) is 0.242. The summed E-state index contributed by atoms with van der Waals surface area (Å²) in [4.78, 5) is 12.7. The van der Waals surface area contributed by atoms with Gasteiger partial charge < -0.3 is 19.8 Å². The van der Waals surface area contributed by atoms with Crippen LogP contribution in [-0.4, -0.2) is 35.9 Å². The van der Waals surface area contributed by atoms with Crippen LogP contribution < -0.4 is 4.90 Å². The summed E-state index contributed by atoms with van der Waals surface area (Å²) in [5.74, 6) is -0.817. The van der Waals surface area contributed by atoms with Crippen molar-refractivity contribution in [3.63, 3.8) is 0 Å². The molecule has 2 aromatic rings. The van der Waals surface area contributed by atoms with E-state index in [9.17, 15) is 18.9 Å². The third-order valence-electron chi connectivity index (χ3n) is 5.01. The van der Waals surface area contributed by atoms with Gasteiger partial charge in [0, 0.05) is 26.8 Å². The maximum absolute atomic E-state index is 14.3. The van der Waals surface area contributed by atoms with Gasteiger partial charge in [-0.05, 0) is 42.0 Å². The molecule has 29 heavy (non-hydrogen) atoms. The van der Waals surface area contributed by atoms with E-state index in [4.69, 9.17) is 4.74 Å². The van der Waals surface area contributed by atoms with Gasteiger partial charge in [-0.2, -0.15) is 0 Å². The summed E-state index contributed by atoms with van der Waals surface area (Å²) in [6.07, 6.45) is 1.38. The highest BCUT2D eigenvalue weighted by atomic mass is 28.3. The number of rotatable bonds is 8. The van der Waals surface area contributed by atoms with Crippen molar-refractivity contribution in [3.05, 3.63) is 51.6 Å². The van der Waals surface area contributed by atoms with Crippen LogP contribution in [0.2, 0.25) is 25.7 Å². The lowest BCUT2D eigenvalue weighted by Gasteiger charge is -2.24. The van der Waals surface area contributed by atoms with Crippen molar-refractivity contribution >= 4 is 19.7 Å². The number of nitrogens with zero attached hydrogens (tertiary/aromatic N) is 4. The van der Waals surface area contributed by atoms with E-state index >= 15 is 0 Å². The van der Waals surface area contributed by atoms with Crippen LogP contribution in [0.15, 0.2) is 24.3 Å². The molecule has 7 nitrogen and oxygen atoms in total. The summed E-state index contributed by atoms with van der Waals surface area (Å²) in [6.45, 7) is 7.74. The molecule has 2 heterocycles. The van der Waals surface area contributed by atoms with E-state index < -0.39 is 30.7 Å². The van der Waals surface area contributed by atoms with Gasteiger partial charge in [0.25, 0.3) is 0 Å². The zero-order chi connectivity index (χ0) is 21.2. The maximum atomic E-state index is 14.3. The van der Waals surface area contributed by atoms with Gasteiger partial charge in [0.2, 0.25) is 6.73 Å². The first-order valence-electron chi connectivity index (χ1n) is 9.67. The highest BCUT2D eigenvalue weighted by Gasteiger charge is 2.33. The van der Waals surface area contributed by atoms with Gasteiger partial charge in [0.15, 0.2) is 5.82 Å². The molecule has 1 atom stereocenters. The third-order valence-corrected chi connectivity index (χ3v) is 6.71. The van der Waals surface area contributed by atoms with Crippen LogP contribution in [0.1, 0.15) is 24.4 Å². The van der Waals surface area contributed by atoms with Crippen molar-refractivity contribution in [2.75, 3.05) is 18.1 Å². The van der Waals surface area contributed by atoms with Gasteiger partial charge >= 0.3 is 5.82 Å². The average Bonchev–Trinajstić information content (AvgIpc) is 3.26. The average molecular weight is 425 g/mol. The second kappa shape index (κ2) is 8.58. The molecule has 0 N–H and O–H groups in total. The number of halogens is 2. The highest BCUT2D eigenvalue weighted by Crippen LogP contribution is 2.38. The Hall–Kier alpha value is -2.33. The summed E-state index contributed by atoms with van der Waals surface area (Å²) in [5, 5.41) is 15.8. The van der Waals surface area contributed by atoms with Crippen molar-refractivity contribution in [1.29, 1.82) is 0 Å². The quantitative estimate of drug-likeness (QED) is 0.265. The number of aromatic nitrogens is 2. The fraction of sp³-hybridized carbons (Fsp3) is 0.526. The Balaban J connectivity index is 1.80. The minimum atomic E-state index is -1.27. The van der Waals surface area contributed by atoms with Crippen molar-refractivity contribution < 1.29 is 18.4 Å². The molecule has 0 spiro atoms. The second-order valence-electron chi connectivity index (χ2n) is 8.48. The number of nitro groups is 1. The van der Waals surface area contributed by atoms with E-state index in [1.807, 2.05) is 0 Å². The summed E-state index contributed by atoms with van der Waals surface area (Å²) in [6, 6.07) is 5.27. The van der Waals surface area contributed by atoms with Crippen LogP contribution in [0.5, 0.6) is 0 Å². The van der Waals surface area contributed by atoms with E-state index in [1.54, 1.807) is 4.90 Å². The molecular weight excluding hydrogens is 398 g/mol. The predicted octanol–water partition coefficient (Wildman–Crippen LogP) is 4.72. The Morgan fingerprint density at radius 1 is 1.31 bits per heavy atom. The molecular formula is C19H26F2N4O3Si. The lowest BCUT2D eigenvalue weighted by atomic mass is 10.0. The number of anilines is 1. The molecule has 1 aliphatic heterocycles. The van der Waals surface area contributed by atoms with E-state index in [-0.39, 0.29) is 18.1 Å². The number of hydrogen-bond donors (Lipinski definition) is 0. The van der Waals surface area contributed by atoms with E-state index in [0.717, 1.165) is 24.6 Å². The largest absolute Gasteiger partial charge is 0.358 e. The van der Waals surface area contributed by atoms with Gasteiger partial charge in [0.1, 0.15) is 11.6 Å². The van der Waals surface area contributed by atoms with Gasteiger partial charge in [-0.25, -0.2) is 8.78 Å². The molecule has 1 saturated heterocycles. The molecule has 1 aromatic carbocycles. The topological polar surface area (TPSA) is 73.4 Å². The number of benzene rings is 1. The molecule has 0 amide bonds. The van der Waals surface area contributed by atoms with Gasteiger partial charge in [-0.1, -0.05) is 24.7 Å². The lowest BCUT2D eigenvalue weighted by Crippen LogP contribution is -2.24. The molecule has 0 bridgehead atoms. The molecule has 10 heteroatoms. The van der Waals surface area contributed by atoms with Crippen LogP contribution in [0.3, 0.4) is 0 Å². The number of hydrogen-bond acceptors (Lipinski definition) is 5. The zero-order valence-electron chi connectivity index (χ0n) is 16.9. The minimum Gasteiger partial charge on any atom is -0.358 e. The van der Waals surface area contributed by atoms with Crippen LogP contribution in [-0.2, 0) is 11.5 Å². The third kappa shape index (κ3) is 5.18. The molecule has 0 aliphatic carbocycles. The summed E-state index contributed by atoms with van der Waals surface area (Å²) < 4.78 is 34.8. The monoisotopic (exact) mass is 424 g/mol. The van der Waals surface area contributed by atoms with Crippen LogP contribution >= 0.6 is 0 Å². The fourth-order valence-corrected chi connectivity index (χ4v) is 4.20. The van der Waals surface area contributed by atoms with Crippen LogP contribution in [0, 0.1) is 21.7 Å². The lowest BCUT2D eigenvalue weighted by molar-refractivity contribution is -0.393.